The quantitative estimate of drug-likeness (QED) is 0.438. The molecule has 0 radical (unpaired) electrons. The van der Waals surface area contributed by atoms with Gasteiger partial charge in [-0.1, -0.05) is 42.1 Å². The lowest BCUT2D eigenvalue weighted by Gasteiger charge is -2.30. The maximum absolute atomic E-state index is 13.1. The van der Waals surface area contributed by atoms with Gasteiger partial charge >= 0.3 is 6.09 Å². The van der Waals surface area contributed by atoms with Crippen molar-refractivity contribution in [1.29, 1.82) is 5.26 Å². The number of fused-ring (bicyclic) bond motifs is 3. The van der Waals surface area contributed by atoms with Crippen molar-refractivity contribution in [3.63, 3.8) is 0 Å². The van der Waals surface area contributed by atoms with Gasteiger partial charge in [-0.15, -0.1) is 0 Å². The lowest BCUT2D eigenvalue weighted by Crippen LogP contribution is -2.36. The standard InChI is InChI=1S/C23H21N3O5S/c1-23(2,3)31-22(28)25-16-7-5-4-6-15(16)17-19(27)18(26(29)30)20(32-21(17)25)14-10-8-13(12-24)9-11-14/h4-11,18-20,27H,1-3H3/t18-,19+,20+/m0/s1. The molecule has 0 aliphatic carbocycles. The molecule has 0 bridgehead atoms. The topological polar surface area (TPSA) is 118 Å². The van der Waals surface area contributed by atoms with Gasteiger partial charge in [-0.3, -0.25) is 10.1 Å². The Morgan fingerprint density at radius 2 is 1.88 bits per heavy atom. The lowest BCUT2D eigenvalue weighted by molar-refractivity contribution is -0.536. The molecule has 0 saturated heterocycles. The number of carbonyl (C=O) groups is 1. The summed E-state index contributed by atoms with van der Waals surface area (Å²) in [5, 5.41) is 32.5. The molecular weight excluding hydrogens is 430 g/mol. The minimum absolute atomic E-state index is 0.350. The molecule has 0 spiro atoms. The number of rotatable bonds is 2. The number of para-hydroxylation sites is 1. The van der Waals surface area contributed by atoms with E-state index < -0.39 is 34.0 Å². The van der Waals surface area contributed by atoms with E-state index in [1.807, 2.05) is 6.07 Å². The van der Waals surface area contributed by atoms with E-state index in [0.717, 1.165) is 11.8 Å². The number of nitrogens with zero attached hydrogens (tertiary/aromatic N) is 3. The van der Waals surface area contributed by atoms with Crippen LogP contribution < -0.4 is 0 Å². The van der Waals surface area contributed by atoms with E-state index in [1.165, 1.54) is 4.57 Å². The molecule has 2 aromatic carbocycles. The molecule has 0 amide bonds. The molecule has 3 atom stereocenters. The second kappa shape index (κ2) is 7.97. The van der Waals surface area contributed by atoms with Gasteiger partial charge in [0.1, 0.15) is 10.9 Å². The number of nitriles is 1. The van der Waals surface area contributed by atoms with Gasteiger partial charge in [0, 0.05) is 15.9 Å². The highest BCUT2D eigenvalue weighted by molar-refractivity contribution is 7.99. The van der Waals surface area contributed by atoms with Gasteiger partial charge in [0.05, 0.1) is 22.2 Å². The van der Waals surface area contributed by atoms with Crippen molar-refractivity contribution in [2.75, 3.05) is 0 Å². The molecule has 1 aromatic heterocycles. The maximum atomic E-state index is 13.1. The van der Waals surface area contributed by atoms with Crippen LogP contribution in [0.3, 0.4) is 0 Å². The van der Waals surface area contributed by atoms with E-state index in [1.54, 1.807) is 69.3 Å². The average molecular weight is 452 g/mol. The Balaban J connectivity index is 1.92. The number of thioether (sulfide) groups is 1. The summed E-state index contributed by atoms with van der Waals surface area (Å²) in [6.45, 7) is 5.27. The highest BCUT2D eigenvalue weighted by Crippen LogP contribution is 2.53. The normalized spacial score (nSPS) is 20.4. The first-order valence-electron chi connectivity index (χ1n) is 9.97. The Kier molecular flexibility index (Phi) is 5.44. The Hall–Kier alpha value is -3.35. The number of ether oxygens (including phenoxy) is 1. The SMILES string of the molecule is CC(C)(C)OC(=O)n1c2c(c3ccccc31)[C@@H](O)[C@H]([N+](=O)[O-])[C@@H](c1ccc(C#N)cc1)S2. The summed E-state index contributed by atoms with van der Waals surface area (Å²) in [5.74, 6) is 0. The molecule has 0 fully saturated rings. The maximum Gasteiger partial charge on any atom is 0.419 e. The number of aromatic nitrogens is 1. The van der Waals surface area contributed by atoms with Crippen molar-refractivity contribution in [3.05, 3.63) is 75.3 Å². The molecule has 8 nitrogen and oxygen atoms in total. The minimum Gasteiger partial charge on any atom is -0.443 e. The molecule has 1 N–H and O–H groups in total. The van der Waals surface area contributed by atoms with Crippen LogP contribution in [0.15, 0.2) is 53.6 Å². The van der Waals surface area contributed by atoms with E-state index >= 15 is 0 Å². The summed E-state index contributed by atoms with van der Waals surface area (Å²) in [6, 6.07) is 14.1. The van der Waals surface area contributed by atoms with Crippen LogP contribution >= 0.6 is 11.8 Å². The number of aliphatic hydroxyl groups excluding tert-OH is 1. The second-order valence-corrected chi connectivity index (χ2v) is 9.68. The Labute approximate surface area is 188 Å². The van der Waals surface area contributed by atoms with Gasteiger partial charge in [-0.2, -0.15) is 5.26 Å². The number of benzene rings is 2. The molecule has 3 aromatic rings. The largest absolute Gasteiger partial charge is 0.443 e. The zero-order valence-corrected chi connectivity index (χ0v) is 18.5. The van der Waals surface area contributed by atoms with Crippen LogP contribution in [-0.2, 0) is 4.74 Å². The van der Waals surface area contributed by atoms with E-state index in [2.05, 4.69) is 0 Å². The van der Waals surface area contributed by atoms with Crippen molar-refractivity contribution in [3.8, 4) is 6.07 Å². The number of aliphatic hydroxyl groups is 1. The number of nitro groups is 1. The van der Waals surface area contributed by atoms with Crippen molar-refractivity contribution in [2.24, 2.45) is 0 Å². The van der Waals surface area contributed by atoms with E-state index in [9.17, 15) is 20.0 Å². The molecule has 4 rings (SSSR count). The van der Waals surface area contributed by atoms with Crippen LogP contribution in [0.2, 0.25) is 0 Å². The molecule has 1 aliphatic rings. The summed E-state index contributed by atoms with van der Waals surface area (Å²) in [6.07, 6.45) is -2.05. The van der Waals surface area contributed by atoms with Crippen molar-refractivity contribution < 1.29 is 19.6 Å². The highest BCUT2D eigenvalue weighted by atomic mass is 32.2. The molecule has 0 unspecified atom stereocenters. The average Bonchev–Trinajstić information content (AvgIpc) is 3.06. The van der Waals surface area contributed by atoms with E-state index in [4.69, 9.17) is 10.00 Å². The second-order valence-electron chi connectivity index (χ2n) is 8.54. The van der Waals surface area contributed by atoms with E-state index in [-0.39, 0.29) is 0 Å². The van der Waals surface area contributed by atoms with Gasteiger partial charge in [-0.05, 0) is 44.5 Å². The van der Waals surface area contributed by atoms with Crippen molar-refractivity contribution >= 4 is 28.8 Å². The summed E-state index contributed by atoms with van der Waals surface area (Å²) in [7, 11) is 0. The Bertz CT molecular complexity index is 1250. The zero-order valence-electron chi connectivity index (χ0n) is 17.7. The smallest absolute Gasteiger partial charge is 0.419 e. The number of carbonyl (C=O) groups excluding carboxylic acids is 1. The van der Waals surface area contributed by atoms with Crippen LogP contribution in [0.25, 0.3) is 10.9 Å². The predicted molar refractivity (Wildman–Crippen MR) is 119 cm³/mol. The predicted octanol–water partition coefficient (Wildman–Crippen LogP) is 4.82. The van der Waals surface area contributed by atoms with Crippen LogP contribution in [-0.4, -0.2) is 32.3 Å². The van der Waals surface area contributed by atoms with Crippen LogP contribution in [0, 0.1) is 21.4 Å². The minimum atomic E-state index is -1.43. The summed E-state index contributed by atoms with van der Waals surface area (Å²) < 4.78 is 6.98. The molecular formula is C23H21N3O5S. The zero-order chi connectivity index (χ0) is 23.2. The third-order valence-corrected chi connectivity index (χ3v) is 6.66. The fraction of sp³-hybridized carbons (Fsp3) is 0.304. The fourth-order valence-electron chi connectivity index (χ4n) is 3.90. The van der Waals surface area contributed by atoms with Gasteiger partial charge in [-0.25, -0.2) is 9.36 Å². The fourth-order valence-corrected chi connectivity index (χ4v) is 5.45. The first-order chi connectivity index (χ1) is 15.1. The number of hydrogen-bond acceptors (Lipinski definition) is 7. The number of hydrogen-bond donors (Lipinski definition) is 1. The molecule has 164 valence electrons. The first-order valence-corrected chi connectivity index (χ1v) is 10.9. The van der Waals surface area contributed by atoms with Crippen molar-refractivity contribution in [2.45, 2.75) is 48.8 Å². The van der Waals surface area contributed by atoms with Gasteiger partial charge < -0.3 is 9.84 Å². The third-order valence-electron chi connectivity index (χ3n) is 5.22. The third kappa shape index (κ3) is 3.72. The van der Waals surface area contributed by atoms with Crippen LogP contribution in [0.1, 0.15) is 48.8 Å². The van der Waals surface area contributed by atoms with Gasteiger partial charge in [0.15, 0.2) is 6.10 Å². The van der Waals surface area contributed by atoms with Crippen molar-refractivity contribution in [1.82, 2.24) is 4.57 Å². The summed E-state index contributed by atoms with van der Waals surface area (Å²) >= 11 is 1.15. The van der Waals surface area contributed by atoms with E-state index in [0.29, 0.717) is 32.6 Å². The van der Waals surface area contributed by atoms with Gasteiger partial charge in [0.2, 0.25) is 0 Å². The molecule has 9 heteroatoms. The Morgan fingerprint density at radius 3 is 2.47 bits per heavy atom. The monoisotopic (exact) mass is 451 g/mol. The summed E-state index contributed by atoms with van der Waals surface area (Å²) in [5.41, 5.74) is 1.13. The lowest BCUT2D eigenvalue weighted by atomic mass is 9.94. The molecule has 2 heterocycles. The van der Waals surface area contributed by atoms with Crippen LogP contribution in [0.4, 0.5) is 4.79 Å². The molecule has 32 heavy (non-hydrogen) atoms. The molecule has 1 aliphatic heterocycles. The van der Waals surface area contributed by atoms with Crippen LogP contribution in [0.5, 0.6) is 0 Å². The first kappa shape index (κ1) is 21.9. The highest BCUT2D eigenvalue weighted by Gasteiger charge is 2.49. The van der Waals surface area contributed by atoms with Gasteiger partial charge in [0.25, 0.3) is 6.04 Å². The Morgan fingerprint density at radius 1 is 1.22 bits per heavy atom. The molecule has 0 saturated carbocycles. The summed E-state index contributed by atoms with van der Waals surface area (Å²) in [4.78, 5) is 24.7.